The number of thiocarbonyl (C=S) groups is 1. The van der Waals surface area contributed by atoms with E-state index in [1.54, 1.807) is 0 Å². The van der Waals surface area contributed by atoms with Crippen LogP contribution in [0.15, 0.2) is 23.2 Å². The standard InChI is InChI=1S/C8H6N2O3S/c1-13-8-4-6(10(11)12)2-3-7(8)9-5-14/h2-4H,1H3. The quantitative estimate of drug-likeness (QED) is 0.332. The van der Waals surface area contributed by atoms with Crippen molar-refractivity contribution < 1.29 is 9.66 Å². The van der Waals surface area contributed by atoms with E-state index >= 15 is 0 Å². The summed E-state index contributed by atoms with van der Waals surface area (Å²) in [5, 5.41) is 12.6. The summed E-state index contributed by atoms with van der Waals surface area (Å²) in [7, 11) is 1.40. The lowest BCUT2D eigenvalue weighted by Crippen LogP contribution is -1.89. The van der Waals surface area contributed by atoms with Crippen LogP contribution in [0.5, 0.6) is 5.75 Å². The zero-order valence-electron chi connectivity index (χ0n) is 7.26. The molecule has 0 aliphatic heterocycles. The van der Waals surface area contributed by atoms with Crippen LogP contribution in [0.1, 0.15) is 0 Å². The van der Waals surface area contributed by atoms with Crippen molar-refractivity contribution in [2.45, 2.75) is 0 Å². The van der Waals surface area contributed by atoms with Crippen molar-refractivity contribution in [3.05, 3.63) is 28.3 Å². The molecule has 72 valence electrons. The average Bonchev–Trinajstić information content (AvgIpc) is 2.18. The Labute approximate surface area is 85.2 Å². The van der Waals surface area contributed by atoms with E-state index in [1.807, 2.05) is 0 Å². The topological polar surface area (TPSA) is 64.7 Å². The maximum absolute atomic E-state index is 10.4. The minimum atomic E-state index is -0.507. The Hall–Kier alpha value is -1.78. The molecular formula is C8H6N2O3S. The summed E-state index contributed by atoms with van der Waals surface area (Å²) in [6, 6.07) is 4.07. The summed E-state index contributed by atoms with van der Waals surface area (Å²) >= 11 is 4.42. The molecule has 0 saturated heterocycles. The number of hydrogen-bond acceptors (Lipinski definition) is 5. The van der Waals surface area contributed by atoms with Crippen molar-refractivity contribution >= 4 is 28.8 Å². The molecule has 0 unspecified atom stereocenters. The minimum Gasteiger partial charge on any atom is -0.494 e. The number of benzene rings is 1. The second-order valence-electron chi connectivity index (χ2n) is 2.32. The van der Waals surface area contributed by atoms with Gasteiger partial charge in [-0.15, -0.1) is 0 Å². The molecule has 0 aliphatic carbocycles. The molecule has 1 rings (SSSR count). The fraction of sp³-hybridized carbons (Fsp3) is 0.125. The summed E-state index contributed by atoms with van der Waals surface area (Å²) in [5.74, 6) is 0.302. The molecule has 0 N–H and O–H groups in total. The predicted molar refractivity (Wildman–Crippen MR) is 54.3 cm³/mol. The van der Waals surface area contributed by atoms with Gasteiger partial charge >= 0.3 is 0 Å². The molecule has 0 heterocycles. The van der Waals surface area contributed by atoms with E-state index in [4.69, 9.17) is 4.74 Å². The third-order valence-corrected chi connectivity index (χ3v) is 1.63. The van der Waals surface area contributed by atoms with Crippen LogP contribution in [0.3, 0.4) is 0 Å². The van der Waals surface area contributed by atoms with Gasteiger partial charge in [0, 0.05) is 6.07 Å². The van der Waals surface area contributed by atoms with E-state index in [9.17, 15) is 10.1 Å². The number of aliphatic imine (C=N–C) groups is 1. The lowest BCUT2D eigenvalue weighted by Gasteiger charge is -2.01. The first-order valence-corrected chi connectivity index (χ1v) is 4.00. The van der Waals surface area contributed by atoms with Gasteiger partial charge in [-0.2, -0.15) is 4.99 Å². The second kappa shape index (κ2) is 4.45. The molecule has 1 aromatic rings. The van der Waals surface area contributed by atoms with Gasteiger partial charge in [-0.1, -0.05) is 0 Å². The Kier molecular flexibility index (Phi) is 3.28. The molecule has 6 heteroatoms. The van der Waals surface area contributed by atoms with E-state index in [0.717, 1.165) is 0 Å². The van der Waals surface area contributed by atoms with E-state index in [2.05, 4.69) is 22.4 Å². The SMILES string of the molecule is COc1cc([N+](=O)[O-])ccc1N=C=S. The lowest BCUT2D eigenvalue weighted by atomic mass is 10.2. The van der Waals surface area contributed by atoms with E-state index in [0.29, 0.717) is 11.4 Å². The zero-order chi connectivity index (χ0) is 10.6. The fourth-order valence-electron chi connectivity index (χ4n) is 0.921. The average molecular weight is 210 g/mol. The normalized spacial score (nSPS) is 8.93. The molecule has 0 bridgehead atoms. The number of non-ortho nitro benzene ring substituents is 1. The van der Waals surface area contributed by atoms with Crippen LogP contribution in [0.25, 0.3) is 0 Å². The van der Waals surface area contributed by atoms with Crippen molar-refractivity contribution in [2.75, 3.05) is 7.11 Å². The van der Waals surface area contributed by atoms with Gasteiger partial charge in [0.05, 0.1) is 23.3 Å². The summed E-state index contributed by atoms with van der Waals surface area (Å²) in [6.45, 7) is 0. The number of rotatable bonds is 3. The maximum Gasteiger partial charge on any atom is 0.273 e. The molecular weight excluding hydrogens is 204 g/mol. The Morgan fingerprint density at radius 2 is 2.36 bits per heavy atom. The summed E-state index contributed by atoms with van der Waals surface area (Å²) in [5.41, 5.74) is 0.373. The van der Waals surface area contributed by atoms with Crippen LogP contribution in [-0.4, -0.2) is 17.2 Å². The Morgan fingerprint density at radius 3 is 2.86 bits per heavy atom. The van der Waals surface area contributed by atoms with E-state index in [1.165, 1.54) is 25.3 Å². The molecule has 0 spiro atoms. The second-order valence-corrected chi connectivity index (χ2v) is 2.50. The van der Waals surface area contributed by atoms with Gasteiger partial charge in [0.1, 0.15) is 5.69 Å². The molecule has 0 aliphatic rings. The summed E-state index contributed by atoms with van der Waals surface area (Å²) in [6.07, 6.45) is 0. The number of nitro benzene ring substituents is 1. The van der Waals surface area contributed by atoms with Crippen LogP contribution in [0.2, 0.25) is 0 Å². The molecule has 0 saturated carbocycles. The van der Waals surface area contributed by atoms with Crippen LogP contribution in [0, 0.1) is 10.1 Å². The zero-order valence-corrected chi connectivity index (χ0v) is 8.08. The van der Waals surface area contributed by atoms with Gasteiger partial charge in [0.2, 0.25) is 0 Å². The first-order valence-electron chi connectivity index (χ1n) is 3.59. The third-order valence-electron chi connectivity index (χ3n) is 1.54. The number of hydrogen-bond donors (Lipinski definition) is 0. The van der Waals surface area contributed by atoms with E-state index in [-0.39, 0.29) is 5.69 Å². The summed E-state index contributed by atoms with van der Waals surface area (Å²) in [4.78, 5) is 13.6. The van der Waals surface area contributed by atoms with E-state index < -0.39 is 4.92 Å². The van der Waals surface area contributed by atoms with Crippen molar-refractivity contribution in [3.63, 3.8) is 0 Å². The highest BCUT2D eigenvalue weighted by atomic mass is 32.1. The molecule has 1 aromatic carbocycles. The maximum atomic E-state index is 10.4. The molecule has 5 nitrogen and oxygen atoms in total. The molecule has 0 atom stereocenters. The number of nitro groups is 1. The van der Waals surface area contributed by atoms with Crippen LogP contribution in [-0.2, 0) is 0 Å². The fourth-order valence-corrected chi connectivity index (χ4v) is 1.02. The predicted octanol–water partition coefficient (Wildman–Crippen LogP) is 2.34. The van der Waals surface area contributed by atoms with Gasteiger partial charge in [-0.25, -0.2) is 0 Å². The van der Waals surface area contributed by atoms with Gasteiger partial charge in [-0.3, -0.25) is 10.1 Å². The van der Waals surface area contributed by atoms with Crippen molar-refractivity contribution in [2.24, 2.45) is 4.99 Å². The number of ether oxygens (including phenoxy) is 1. The van der Waals surface area contributed by atoms with Gasteiger partial charge in [0.15, 0.2) is 5.75 Å². The van der Waals surface area contributed by atoms with Gasteiger partial charge in [0.25, 0.3) is 5.69 Å². The van der Waals surface area contributed by atoms with Crippen molar-refractivity contribution in [3.8, 4) is 5.75 Å². The molecule has 0 amide bonds. The van der Waals surface area contributed by atoms with Crippen LogP contribution < -0.4 is 4.74 Å². The van der Waals surface area contributed by atoms with Crippen LogP contribution >= 0.6 is 12.2 Å². The Morgan fingerprint density at radius 1 is 1.64 bits per heavy atom. The third kappa shape index (κ3) is 2.12. The minimum absolute atomic E-state index is 0.0508. The molecule has 14 heavy (non-hydrogen) atoms. The first-order chi connectivity index (χ1) is 6.69. The monoisotopic (exact) mass is 210 g/mol. The number of nitrogens with zero attached hydrogens (tertiary/aromatic N) is 2. The highest BCUT2D eigenvalue weighted by Crippen LogP contribution is 2.30. The van der Waals surface area contributed by atoms with Crippen molar-refractivity contribution in [1.82, 2.24) is 0 Å². The van der Waals surface area contributed by atoms with Gasteiger partial charge < -0.3 is 4.74 Å². The molecule has 0 fully saturated rings. The number of isothiocyanates is 1. The smallest absolute Gasteiger partial charge is 0.273 e. The largest absolute Gasteiger partial charge is 0.494 e. The molecule has 0 aromatic heterocycles. The Bertz CT molecular complexity index is 413. The Balaban J connectivity index is 3.24. The highest BCUT2D eigenvalue weighted by Gasteiger charge is 2.10. The molecule has 0 radical (unpaired) electrons. The highest BCUT2D eigenvalue weighted by molar-refractivity contribution is 7.78. The summed E-state index contributed by atoms with van der Waals surface area (Å²) < 4.78 is 4.90. The van der Waals surface area contributed by atoms with Crippen LogP contribution in [0.4, 0.5) is 11.4 Å². The first kappa shape index (κ1) is 10.3. The lowest BCUT2D eigenvalue weighted by molar-refractivity contribution is -0.384. The van der Waals surface area contributed by atoms with Gasteiger partial charge in [-0.05, 0) is 18.3 Å². The number of methoxy groups -OCH3 is 1. The van der Waals surface area contributed by atoms with Crippen molar-refractivity contribution in [1.29, 1.82) is 0 Å².